The molecule has 2 heterocycles. The van der Waals surface area contributed by atoms with Gasteiger partial charge in [-0.1, -0.05) is 78.1 Å². The van der Waals surface area contributed by atoms with Gasteiger partial charge < -0.3 is 19.9 Å². The van der Waals surface area contributed by atoms with Gasteiger partial charge in [0.25, 0.3) is 5.91 Å². The van der Waals surface area contributed by atoms with Crippen LogP contribution in [0.4, 0.5) is 0 Å². The van der Waals surface area contributed by atoms with E-state index >= 15 is 0 Å². The molecule has 0 spiro atoms. The monoisotopic (exact) mass is 619 g/mol. The third kappa shape index (κ3) is 14.1. The molecule has 1 aliphatic rings. The lowest BCUT2D eigenvalue weighted by molar-refractivity contribution is -0.149. The molecule has 246 valence electrons. The summed E-state index contributed by atoms with van der Waals surface area (Å²) in [6, 6.07) is 0. The number of carbonyl (C=O) groups is 3. The lowest BCUT2D eigenvalue weighted by atomic mass is 9.94. The molecule has 0 saturated carbocycles. The zero-order valence-corrected chi connectivity index (χ0v) is 28.9. The second-order valence-corrected chi connectivity index (χ2v) is 13.9. The van der Waals surface area contributed by atoms with Crippen LogP contribution in [-0.2, 0) is 27.3 Å². The van der Waals surface area contributed by atoms with Crippen LogP contribution in [0.25, 0.3) is 0 Å². The third-order valence-corrected chi connectivity index (χ3v) is 9.71. The summed E-state index contributed by atoms with van der Waals surface area (Å²) in [6.07, 6.45) is 17.9. The lowest BCUT2D eigenvalue weighted by Crippen LogP contribution is -2.36. The Morgan fingerprint density at radius 3 is 2.21 bits per heavy atom. The Kier molecular flexibility index (Phi) is 18.8. The molecule has 1 atom stereocenters. The Morgan fingerprint density at radius 2 is 1.53 bits per heavy atom. The summed E-state index contributed by atoms with van der Waals surface area (Å²) in [6.45, 7) is 9.61. The standard InChI is InChI=1S/C35H61N3O4S/c1-6-8-10-12-13-16-20-29(19-15-11-9-7-2)35(41)42-26-18-14-17-21-32(39)38-24-22-30-31(27-38)43-28(3)33(30)34(40)36-23-25-37(4)5/h29H,6-27H2,1-5H3,(H,36,40). The number of thiophene rings is 1. The molecule has 0 radical (unpaired) electrons. The maximum Gasteiger partial charge on any atom is 0.308 e. The van der Waals surface area contributed by atoms with E-state index in [9.17, 15) is 14.4 Å². The van der Waals surface area contributed by atoms with Crippen LogP contribution in [0, 0.1) is 12.8 Å². The van der Waals surface area contributed by atoms with E-state index < -0.39 is 0 Å². The topological polar surface area (TPSA) is 79.0 Å². The summed E-state index contributed by atoms with van der Waals surface area (Å²) in [4.78, 5) is 44.8. The van der Waals surface area contributed by atoms with E-state index in [4.69, 9.17) is 4.74 Å². The number of hydrogen-bond acceptors (Lipinski definition) is 6. The SMILES string of the molecule is CCCCCCCCC(CCCCCC)C(=O)OCCCCCC(=O)N1CCc2c(sc(C)c2C(=O)NCCN(C)C)C1. The maximum absolute atomic E-state index is 13.0. The van der Waals surface area contributed by atoms with Crippen molar-refractivity contribution < 1.29 is 19.1 Å². The Bertz CT molecular complexity index is 961. The summed E-state index contributed by atoms with van der Waals surface area (Å²) >= 11 is 1.65. The molecule has 1 aromatic heterocycles. The first-order chi connectivity index (χ1) is 20.8. The van der Waals surface area contributed by atoms with Gasteiger partial charge in [0.05, 0.1) is 24.6 Å². The van der Waals surface area contributed by atoms with Gasteiger partial charge in [-0.3, -0.25) is 14.4 Å². The normalized spacial score (nSPS) is 13.7. The molecule has 1 N–H and O–H groups in total. The van der Waals surface area contributed by atoms with Crippen LogP contribution in [-0.4, -0.2) is 67.9 Å². The first-order valence-corrected chi connectivity index (χ1v) is 18.1. The molecular weight excluding hydrogens is 558 g/mol. The third-order valence-electron chi connectivity index (χ3n) is 8.58. The number of aryl methyl sites for hydroxylation is 1. The van der Waals surface area contributed by atoms with Gasteiger partial charge in [0, 0.05) is 35.8 Å². The van der Waals surface area contributed by atoms with Gasteiger partial charge in [-0.25, -0.2) is 0 Å². The van der Waals surface area contributed by atoms with Crippen molar-refractivity contribution in [3.8, 4) is 0 Å². The van der Waals surface area contributed by atoms with Crippen LogP contribution in [0.15, 0.2) is 0 Å². The molecular formula is C35H61N3O4S. The summed E-state index contributed by atoms with van der Waals surface area (Å²) in [7, 11) is 3.99. The number of fused-ring (bicyclic) bond motifs is 1. The van der Waals surface area contributed by atoms with E-state index in [2.05, 4.69) is 24.1 Å². The van der Waals surface area contributed by atoms with Gasteiger partial charge in [0.1, 0.15) is 0 Å². The van der Waals surface area contributed by atoms with Crippen molar-refractivity contribution in [3.63, 3.8) is 0 Å². The average molecular weight is 620 g/mol. The average Bonchev–Trinajstić information content (AvgIpc) is 3.32. The Hall–Kier alpha value is -1.93. The van der Waals surface area contributed by atoms with E-state index in [-0.39, 0.29) is 23.7 Å². The van der Waals surface area contributed by atoms with E-state index in [0.717, 1.165) is 78.8 Å². The summed E-state index contributed by atoms with van der Waals surface area (Å²) < 4.78 is 5.72. The predicted octanol–water partition coefficient (Wildman–Crippen LogP) is 7.67. The first-order valence-electron chi connectivity index (χ1n) is 17.3. The number of unbranched alkanes of at least 4 members (excludes halogenated alkanes) is 10. The van der Waals surface area contributed by atoms with E-state index in [1.165, 1.54) is 51.4 Å². The fourth-order valence-corrected chi connectivity index (χ4v) is 7.14. The Balaban J connectivity index is 1.69. The highest BCUT2D eigenvalue weighted by molar-refractivity contribution is 7.12. The number of likely N-dealkylation sites (N-methyl/N-ethyl adjacent to an activating group) is 1. The number of hydrogen-bond donors (Lipinski definition) is 1. The van der Waals surface area contributed by atoms with Crippen molar-refractivity contribution in [1.82, 2.24) is 15.1 Å². The van der Waals surface area contributed by atoms with Crippen LogP contribution in [0.3, 0.4) is 0 Å². The highest BCUT2D eigenvalue weighted by Gasteiger charge is 2.28. The lowest BCUT2D eigenvalue weighted by Gasteiger charge is -2.27. The molecule has 0 fully saturated rings. The quantitative estimate of drug-likeness (QED) is 0.100. The minimum absolute atomic E-state index is 0.00236. The predicted molar refractivity (Wildman–Crippen MR) is 179 cm³/mol. The molecule has 8 heteroatoms. The number of amides is 2. The summed E-state index contributed by atoms with van der Waals surface area (Å²) in [5.41, 5.74) is 1.94. The molecule has 7 nitrogen and oxygen atoms in total. The number of rotatable bonds is 23. The maximum atomic E-state index is 13.0. The number of nitrogens with zero attached hydrogens (tertiary/aromatic N) is 2. The van der Waals surface area contributed by atoms with E-state index in [1.54, 1.807) is 11.3 Å². The zero-order chi connectivity index (χ0) is 31.5. The van der Waals surface area contributed by atoms with Crippen molar-refractivity contribution in [2.45, 2.75) is 136 Å². The molecule has 0 saturated heterocycles. The van der Waals surface area contributed by atoms with Crippen LogP contribution in [0.2, 0.25) is 0 Å². The second kappa shape index (κ2) is 21.7. The van der Waals surface area contributed by atoms with Crippen molar-refractivity contribution in [2.24, 2.45) is 5.92 Å². The highest BCUT2D eigenvalue weighted by Crippen LogP contribution is 2.33. The van der Waals surface area contributed by atoms with Gasteiger partial charge >= 0.3 is 5.97 Å². The fraction of sp³-hybridized carbons (Fsp3) is 0.800. The Labute approximate surface area is 266 Å². The van der Waals surface area contributed by atoms with Gasteiger partial charge in [0.15, 0.2) is 0 Å². The van der Waals surface area contributed by atoms with Gasteiger partial charge in [0.2, 0.25) is 5.91 Å². The molecule has 0 bridgehead atoms. The first kappa shape index (κ1) is 37.3. The summed E-state index contributed by atoms with van der Waals surface area (Å²) in [5.74, 6) is 0.209. The molecule has 1 aliphatic heterocycles. The van der Waals surface area contributed by atoms with Crippen LogP contribution >= 0.6 is 11.3 Å². The minimum atomic E-state index is -0.0118. The van der Waals surface area contributed by atoms with Crippen molar-refractivity contribution >= 4 is 29.1 Å². The van der Waals surface area contributed by atoms with Crippen LogP contribution < -0.4 is 5.32 Å². The van der Waals surface area contributed by atoms with Gasteiger partial charge in [-0.2, -0.15) is 0 Å². The number of nitrogens with one attached hydrogen (secondary N) is 1. The van der Waals surface area contributed by atoms with Crippen molar-refractivity contribution in [2.75, 3.05) is 40.3 Å². The molecule has 0 aromatic carbocycles. The molecule has 1 aromatic rings. The highest BCUT2D eigenvalue weighted by atomic mass is 32.1. The molecule has 2 amide bonds. The van der Waals surface area contributed by atoms with Gasteiger partial charge in [-0.05, 0) is 65.1 Å². The van der Waals surface area contributed by atoms with Gasteiger partial charge in [-0.15, -0.1) is 11.3 Å². The van der Waals surface area contributed by atoms with Crippen molar-refractivity contribution in [3.05, 3.63) is 20.9 Å². The largest absolute Gasteiger partial charge is 0.465 e. The second-order valence-electron chi connectivity index (χ2n) is 12.6. The number of esters is 1. The minimum Gasteiger partial charge on any atom is -0.465 e. The van der Waals surface area contributed by atoms with E-state index in [1.807, 2.05) is 25.9 Å². The zero-order valence-electron chi connectivity index (χ0n) is 28.1. The fourth-order valence-electron chi connectivity index (χ4n) is 5.90. The Morgan fingerprint density at radius 1 is 0.907 bits per heavy atom. The smallest absolute Gasteiger partial charge is 0.308 e. The van der Waals surface area contributed by atoms with E-state index in [0.29, 0.717) is 32.7 Å². The number of carbonyl (C=O) groups excluding carboxylic acids is 3. The van der Waals surface area contributed by atoms with Crippen LogP contribution in [0.1, 0.15) is 142 Å². The number of ether oxygens (including phenoxy) is 1. The molecule has 43 heavy (non-hydrogen) atoms. The van der Waals surface area contributed by atoms with Crippen molar-refractivity contribution in [1.29, 1.82) is 0 Å². The molecule has 1 unspecified atom stereocenters. The summed E-state index contributed by atoms with van der Waals surface area (Å²) in [5, 5.41) is 3.04. The molecule has 2 rings (SSSR count). The van der Waals surface area contributed by atoms with Crippen LogP contribution in [0.5, 0.6) is 0 Å². The molecule has 0 aliphatic carbocycles.